The van der Waals surface area contributed by atoms with Crippen LogP contribution in [0.4, 0.5) is 5.69 Å². The highest BCUT2D eigenvalue weighted by Crippen LogP contribution is 2.22. The van der Waals surface area contributed by atoms with Crippen molar-refractivity contribution in [3.05, 3.63) is 36.4 Å². The third-order valence-corrected chi connectivity index (χ3v) is 2.38. The Bertz CT molecular complexity index is 444. The van der Waals surface area contributed by atoms with E-state index in [1.807, 2.05) is 6.92 Å². The predicted octanol–water partition coefficient (Wildman–Crippen LogP) is 1.90. The fourth-order valence-electron chi connectivity index (χ4n) is 1.57. The molecule has 1 aromatic rings. The largest absolute Gasteiger partial charge is 0.494 e. The van der Waals surface area contributed by atoms with Crippen LogP contribution in [0.5, 0.6) is 5.75 Å². The van der Waals surface area contributed by atoms with Gasteiger partial charge in [0.1, 0.15) is 5.75 Å². The molecule has 1 heterocycles. The van der Waals surface area contributed by atoms with E-state index in [0.29, 0.717) is 12.3 Å². The molecule has 0 unspecified atom stereocenters. The molecule has 4 nitrogen and oxygen atoms in total. The van der Waals surface area contributed by atoms with Gasteiger partial charge in [0.25, 0.3) is 11.8 Å². The Morgan fingerprint density at radius 3 is 2.18 bits per heavy atom. The number of rotatable bonds is 4. The number of benzene rings is 1. The number of hydrogen-bond donors (Lipinski definition) is 0. The van der Waals surface area contributed by atoms with Crippen molar-refractivity contribution in [1.29, 1.82) is 0 Å². The highest BCUT2D eigenvalue weighted by atomic mass is 16.5. The van der Waals surface area contributed by atoms with Crippen molar-refractivity contribution in [3.8, 4) is 5.75 Å². The summed E-state index contributed by atoms with van der Waals surface area (Å²) in [5.41, 5.74) is 0.564. The second-order valence-corrected chi connectivity index (χ2v) is 3.69. The van der Waals surface area contributed by atoms with E-state index in [1.54, 1.807) is 24.3 Å². The average Bonchev–Trinajstić information content (AvgIpc) is 2.67. The van der Waals surface area contributed by atoms with Crippen LogP contribution in [0.15, 0.2) is 36.4 Å². The van der Waals surface area contributed by atoms with Gasteiger partial charge in [0.2, 0.25) is 0 Å². The Balaban J connectivity index is 2.13. The normalized spacial score (nSPS) is 14.5. The van der Waals surface area contributed by atoms with Crippen LogP contribution in [0.2, 0.25) is 0 Å². The van der Waals surface area contributed by atoms with E-state index in [1.165, 1.54) is 12.2 Å². The topological polar surface area (TPSA) is 46.6 Å². The fraction of sp³-hybridized carbons (Fsp3) is 0.231. The number of amides is 2. The van der Waals surface area contributed by atoms with Gasteiger partial charge in [-0.1, -0.05) is 6.92 Å². The molecule has 0 saturated heterocycles. The van der Waals surface area contributed by atoms with Crippen molar-refractivity contribution >= 4 is 17.5 Å². The van der Waals surface area contributed by atoms with Gasteiger partial charge in [-0.05, 0) is 30.7 Å². The molecule has 0 aromatic heterocycles. The first-order chi connectivity index (χ1) is 8.22. The monoisotopic (exact) mass is 231 g/mol. The van der Waals surface area contributed by atoms with E-state index in [9.17, 15) is 9.59 Å². The van der Waals surface area contributed by atoms with Crippen LogP contribution in [0.3, 0.4) is 0 Å². The van der Waals surface area contributed by atoms with Crippen LogP contribution in [-0.2, 0) is 9.59 Å². The van der Waals surface area contributed by atoms with Gasteiger partial charge in [0.15, 0.2) is 0 Å². The second kappa shape index (κ2) is 4.82. The van der Waals surface area contributed by atoms with Gasteiger partial charge in [-0.15, -0.1) is 0 Å². The zero-order valence-electron chi connectivity index (χ0n) is 9.55. The summed E-state index contributed by atoms with van der Waals surface area (Å²) in [4.78, 5) is 24.0. The van der Waals surface area contributed by atoms with Gasteiger partial charge in [0.05, 0.1) is 12.3 Å². The molecule has 88 valence electrons. The van der Waals surface area contributed by atoms with Crippen LogP contribution in [-0.4, -0.2) is 18.4 Å². The number of carbonyl (C=O) groups is 2. The van der Waals surface area contributed by atoms with E-state index in [-0.39, 0.29) is 11.8 Å². The molecule has 0 radical (unpaired) electrons. The van der Waals surface area contributed by atoms with Crippen molar-refractivity contribution in [2.75, 3.05) is 11.5 Å². The lowest BCUT2D eigenvalue weighted by Gasteiger charge is -2.14. The summed E-state index contributed by atoms with van der Waals surface area (Å²) in [6.07, 6.45) is 3.47. The van der Waals surface area contributed by atoms with Gasteiger partial charge in [0, 0.05) is 12.2 Å². The van der Waals surface area contributed by atoms with E-state index in [4.69, 9.17) is 4.74 Å². The Morgan fingerprint density at radius 2 is 1.65 bits per heavy atom. The average molecular weight is 231 g/mol. The molecule has 17 heavy (non-hydrogen) atoms. The van der Waals surface area contributed by atoms with Gasteiger partial charge < -0.3 is 4.74 Å². The van der Waals surface area contributed by atoms with Gasteiger partial charge in [-0.2, -0.15) is 0 Å². The molecule has 0 spiro atoms. The minimum absolute atomic E-state index is 0.308. The summed E-state index contributed by atoms with van der Waals surface area (Å²) < 4.78 is 5.42. The highest BCUT2D eigenvalue weighted by Gasteiger charge is 2.24. The van der Waals surface area contributed by atoms with Gasteiger partial charge >= 0.3 is 0 Å². The minimum Gasteiger partial charge on any atom is -0.494 e. The van der Waals surface area contributed by atoms with Crippen LogP contribution in [0, 0.1) is 0 Å². The quantitative estimate of drug-likeness (QED) is 0.743. The maximum absolute atomic E-state index is 11.4. The van der Waals surface area contributed by atoms with Crippen molar-refractivity contribution < 1.29 is 14.3 Å². The smallest absolute Gasteiger partial charge is 0.258 e. The summed E-state index contributed by atoms with van der Waals surface area (Å²) in [5, 5.41) is 0. The Kier molecular flexibility index (Phi) is 3.23. The molecule has 0 fully saturated rings. The van der Waals surface area contributed by atoms with E-state index >= 15 is 0 Å². The van der Waals surface area contributed by atoms with Crippen molar-refractivity contribution in [2.24, 2.45) is 0 Å². The number of anilines is 1. The van der Waals surface area contributed by atoms with E-state index in [2.05, 4.69) is 0 Å². The molecular formula is C13H13NO3. The molecule has 0 N–H and O–H groups in total. The molecule has 0 bridgehead atoms. The first-order valence-corrected chi connectivity index (χ1v) is 5.51. The summed E-state index contributed by atoms with van der Waals surface area (Å²) in [6.45, 7) is 2.68. The lowest BCUT2D eigenvalue weighted by molar-refractivity contribution is -0.119. The Hall–Kier alpha value is -2.10. The molecule has 4 heteroatoms. The summed E-state index contributed by atoms with van der Waals surface area (Å²) >= 11 is 0. The highest BCUT2D eigenvalue weighted by molar-refractivity contribution is 6.28. The summed E-state index contributed by atoms with van der Waals surface area (Å²) in [7, 11) is 0. The SMILES string of the molecule is CCCOc1ccc(N2C(=O)C=CC2=O)cc1. The molecule has 1 aliphatic heterocycles. The lowest BCUT2D eigenvalue weighted by atomic mass is 10.2. The number of imide groups is 1. The third-order valence-electron chi connectivity index (χ3n) is 2.38. The van der Waals surface area contributed by atoms with Gasteiger partial charge in [-0.3, -0.25) is 9.59 Å². The lowest BCUT2D eigenvalue weighted by Crippen LogP contribution is -2.29. The first-order valence-electron chi connectivity index (χ1n) is 5.51. The number of hydrogen-bond acceptors (Lipinski definition) is 3. The molecule has 2 amide bonds. The zero-order valence-corrected chi connectivity index (χ0v) is 9.55. The molecule has 2 rings (SSSR count). The van der Waals surface area contributed by atoms with Gasteiger partial charge in [-0.25, -0.2) is 4.90 Å². The Labute approximate surface area is 99.5 Å². The standard InChI is InChI=1S/C13H13NO3/c1-2-9-17-11-5-3-10(4-6-11)14-12(15)7-8-13(14)16/h3-8H,2,9H2,1H3. The van der Waals surface area contributed by atoms with Crippen molar-refractivity contribution in [2.45, 2.75) is 13.3 Å². The number of carbonyl (C=O) groups excluding carboxylic acids is 2. The maximum atomic E-state index is 11.4. The molecular weight excluding hydrogens is 218 g/mol. The van der Waals surface area contributed by atoms with Crippen LogP contribution < -0.4 is 9.64 Å². The van der Waals surface area contributed by atoms with Crippen LogP contribution in [0.25, 0.3) is 0 Å². The maximum Gasteiger partial charge on any atom is 0.258 e. The summed E-state index contributed by atoms with van der Waals surface area (Å²) in [5.74, 6) is 0.122. The minimum atomic E-state index is -0.308. The number of nitrogens with zero attached hydrogens (tertiary/aromatic N) is 1. The second-order valence-electron chi connectivity index (χ2n) is 3.69. The molecule has 0 atom stereocenters. The number of ether oxygens (including phenoxy) is 1. The van der Waals surface area contributed by atoms with Crippen molar-refractivity contribution in [1.82, 2.24) is 0 Å². The van der Waals surface area contributed by atoms with Crippen LogP contribution in [0.1, 0.15) is 13.3 Å². The molecule has 1 aromatic carbocycles. The first kappa shape index (κ1) is 11.4. The van der Waals surface area contributed by atoms with Crippen LogP contribution >= 0.6 is 0 Å². The Morgan fingerprint density at radius 1 is 1.06 bits per heavy atom. The van der Waals surface area contributed by atoms with Crippen molar-refractivity contribution in [3.63, 3.8) is 0 Å². The predicted molar refractivity (Wildman–Crippen MR) is 63.9 cm³/mol. The summed E-state index contributed by atoms with van der Waals surface area (Å²) in [6, 6.07) is 6.91. The third kappa shape index (κ3) is 2.36. The van der Waals surface area contributed by atoms with E-state index < -0.39 is 0 Å². The molecule has 0 saturated carbocycles. The fourth-order valence-corrected chi connectivity index (χ4v) is 1.57. The zero-order chi connectivity index (χ0) is 12.3. The molecule has 0 aliphatic carbocycles. The van der Waals surface area contributed by atoms with E-state index in [0.717, 1.165) is 17.1 Å². The molecule has 1 aliphatic rings.